The average Bonchev–Trinajstić information content (AvgIpc) is 3.07. The molecule has 0 fully saturated rings. The maximum absolute atomic E-state index is 12.7. The zero-order chi connectivity index (χ0) is 22.5. The number of imidazole rings is 1. The van der Waals surface area contributed by atoms with Gasteiger partial charge in [0.15, 0.2) is 0 Å². The summed E-state index contributed by atoms with van der Waals surface area (Å²) < 4.78 is 39.7. The molecule has 3 N–H and O–H groups in total. The molecule has 2 unspecified atom stereocenters. The zero-order valence-corrected chi connectivity index (χ0v) is 16.6. The van der Waals surface area contributed by atoms with E-state index in [0.717, 1.165) is 12.1 Å². The Balaban J connectivity index is 2.18. The molecule has 0 amide bonds. The van der Waals surface area contributed by atoms with Crippen molar-refractivity contribution < 1.29 is 33.0 Å². The summed E-state index contributed by atoms with van der Waals surface area (Å²) in [4.78, 5) is 27.4. The largest absolute Gasteiger partial charge is 0.480 e. The SMILES string of the molecule is CCCC(C)(NC(Cc1cncn1Cc1ccc(C(F)(F)F)cc1)C(=O)O)C(=O)O. The molecule has 0 radical (unpaired) electrons. The smallest absolute Gasteiger partial charge is 0.416 e. The lowest BCUT2D eigenvalue weighted by atomic mass is 9.94. The molecular formula is C20H24F3N3O4. The highest BCUT2D eigenvalue weighted by Crippen LogP contribution is 2.29. The number of hydrogen-bond acceptors (Lipinski definition) is 4. The lowest BCUT2D eigenvalue weighted by molar-refractivity contribution is -0.147. The highest BCUT2D eigenvalue weighted by molar-refractivity contribution is 5.80. The zero-order valence-electron chi connectivity index (χ0n) is 16.6. The molecule has 0 aliphatic carbocycles. The van der Waals surface area contributed by atoms with Gasteiger partial charge in [-0.15, -0.1) is 0 Å². The highest BCUT2D eigenvalue weighted by Gasteiger charge is 2.37. The number of carboxylic acid groups (broad SMARTS) is 2. The summed E-state index contributed by atoms with van der Waals surface area (Å²) in [6.45, 7) is 3.44. The Morgan fingerprint density at radius 2 is 1.83 bits per heavy atom. The summed E-state index contributed by atoms with van der Waals surface area (Å²) in [7, 11) is 0. The first-order chi connectivity index (χ1) is 14.0. The first-order valence-electron chi connectivity index (χ1n) is 9.35. The van der Waals surface area contributed by atoms with Crippen molar-refractivity contribution in [2.45, 2.75) is 57.4 Å². The number of aromatic nitrogens is 2. The third kappa shape index (κ3) is 5.82. The van der Waals surface area contributed by atoms with E-state index in [1.807, 2.05) is 0 Å². The van der Waals surface area contributed by atoms with Gasteiger partial charge in [-0.3, -0.25) is 14.9 Å². The van der Waals surface area contributed by atoms with Crippen molar-refractivity contribution in [1.29, 1.82) is 0 Å². The van der Waals surface area contributed by atoms with E-state index in [2.05, 4.69) is 10.3 Å². The number of nitrogens with zero attached hydrogens (tertiary/aromatic N) is 2. The fraction of sp³-hybridized carbons (Fsp3) is 0.450. The van der Waals surface area contributed by atoms with Gasteiger partial charge in [-0.25, -0.2) is 4.98 Å². The number of benzene rings is 1. The molecule has 1 aromatic heterocycles. The second kappa shape index (κ2) is 9.29. The number of halogens is 3. The monoisotopic (exact) mass is 427 g/mol. The molecule has 164 valence electrons. The molecule has 0 bridgehead atoms. The topological polar surface area (TPSA) is 104 Å². The Morgan fingerprint density at radius 3 is 2.33 bits per heavy atom. The number of carboxylic acids is 2. The minimum Gasteiger partial charge on any atom is -0.480 e. The van der Waals surface area contributed by atoms with Crippen molar-refractivity contribution in [1.82, 2.24) is 14.9 Å². The van der Waals surface area contributed by atoms with Crippen LogP contribution in [-0.4, -0.2) is 43.3 Å². The summed E-state index contributed by atoms with van der Waals surface area (Å²) in [6.07, 6.45) is -0.754. The van der Waals surface area contributed by atoms with E-state index >= 15 is 0 Å². The van der Waals surface area contributed by atoms with E-state index in [1.165, 1.54) is 31.6 Å². The molecule has 1 aromatic carbocycles. The van der Waals surface area contributed by atoms with E-state index < -0.39 is 35.3 Å². The Kier molecular flexibility index (Phi) is 7.25. The minimum atomic E-state index is -4.42. The van der Waals surface area contributed by atoms with Crippen LogP contribution in [0.3, 0.4) is 0 Å². The molecule has 2 atom stereocenters. The lowest BCUT2D eigenvalue weighted by Crippen LogP contribution is -2.56. The predicted molar refractivity (Wildman–Crippen MR) is 102 cm³/mol. The number of rotatable bonds is 10. The summed E-state index contributed by atoms with van der Waals surface area (Å²) >= 11 is 0. The first-order valence-corrected chi connectivity index (χ1v) is 9.35. The summed E-state index contributed by atoms with van der Waals surface area (Å²) in [5.41, 5.74) is -1.06. The van der Waals surface area contributed by atoms with Gasteiger partial charge in [0.25, 0.3) is 0 Å². The van der Waals surface area contributed by atoms with Crippen LogP contribution in [-0.2, 0) is 28.7 Å². The molecule has 2 aromatic rings. The molecular weight excluding hydrogens is 403 g/mol. The van der Waals surface area contributed by atoms with E-state index in [4.69, 9.17) is 0 Å². The summed E-state index contributed by atoms with van der Waals surface area (Å²) in [6, 6.07) is 3.48. The molecule has 1 heterocycles. The second-order valence-electron chi connectivity index (χ2n) is 7.33. The van der Waals surface area contributed by atoms with Gasteiger partial charge in [0.05, 0.1) is 11.9 Å². The average molecular weight is 427 g/mol. The molecule has 0 saturated carbocycles. The number of nitrogens with one attached hydrogen (secondary N) is 1. The van der Waals surface area contributed by atoms with Crippen LogP contribution in [0.1, 0.15) is 43.5 Å². The van der Waals surface area contributed by atoms with Crippen LogP contribution in [0.25, 0.3) is 0 Å². The van der Waals surface area contributed by atoms with Crippen LogP contribution in [0.5, 0.6) is 0 Å². The van der Waals surface area contributed by atoms with Crippen LogP contribution in [0.15, 0.2) is 36.8 Å². The Labute approximate surface area is 171 Å². The van der Waals surface area contributed by atoms with Crippen molar-refractivity contribution in [2.24, 2.45) is 0 Å². The number of carbonyl (C=O) groups is 2. The van der Waals surface area contributed by atoms with Gasteiger partial charge >= 0.3 is 18.1 Å². The van der Waals surface area contributed by atoms with Crippen molar-refractivity contribution >= 4 is 11.9 Å². The molecule has 2 rings (SSSR count). The third-order valence-corrected chi connectivity index (χ3v) is 4.86. The Hall–Kier alpha value is -2.88. The Morgan fingerprint density at radius 1 is 1.20 bits per heavy atom. The molecule has 7 nitrogen and oxygen atoms in total. The number of alkyl halides is 3. The predicted octanol–water partition coefficient (Wildman–Crippen LogP) is 3.18. The molecule has 30 heavy (non-hydrogen) atoms. The van der Waals surface area contributed by atoms with Gasteiger partial charge in [0, 0.05) is 24.9 Å². The van der Waals surface area contributed by atoms with Gasteiger partial charge in [-0.2, -0.15) is 13.2 Å². The van der Waals surface area contributed by atoms with Crippen LogP contribution in [0.4, 0.5) is 13.2 Å². The third-order valence-electron chi connectivity index (χ3n) is 4.86. The normalized spacial score (nSPS) is 14.8. The highest BCUT2D eigenvalue weighted by atomic mass is 19.4. The van der Waals surface area contributed by atoms with Crippen molar-refractivity contribution in [3.63, 3.8) is 0 Å². The Bertz CT molecular complexity index is 880. The molecule has 10 heteroatoms. The fourth-order valence-electron chi connectivity index (χ4n) is 3.19. The van der Waals surface area contributed by atoms with Gasteiger partial charge in [-0.05, 0) is 31.0 Å². The summed E-state index contributed by atoms with van der Waals surface area (Å²) in [5, 5.41) is 21.8. The van der Waals surface area contributed by atoms with Crippen LogP contribution in [0, 0.1) is 0 Å². The lowest BCUT2D eigenvalue weighted by Gasteiger charge is -2.29. The standard InChI is InChI=1S/C20H24F3N3O4/c1-3-8-19(2,18(29)30)25-16(17(27)28)9-15-10-24-12-26(15)11-13-4-6-14(7-5-13)20(21,22)23/h4-7,10,12,16,25H,3,8-9,11H2,1-2H3,(H,27,28)(H,29,30). The van der Waals surface area contributed by atoms with Crippen LogP contribution in [0.2, 0.25) is 0 Å². The van der Waals surface area contributed by atoms with Gasteiger partial charge < -0.3 is 14.8 Å². The molecule has 0 aliphatic heterocycles. The van der Waals surface area contributed by atoms with Gasteiger partial charge in [0.2, 0.25) is 0 Å². The van der Waals surface area contributed by atoms with E-state index in [-0.39, 0.29) is 19.4 Å². The first kappa shape index (κ1) is 23.4. The van der Waals surface area contributed by atoms with Crippen LogP contribution < -0.4 is 5.32 Å². The maximum atomic E-state index is 12.7. The van der Waals surface area contributed by atoms with E-state index in [9.17, 15) is 33.0 Å². The number of aliphatic carboxylic acids is 2. The van der Waals surface area contributed by atoms with Gasteiger partial charge in [-0.1, -0.05) is 25.5 Å². The molecule has 0 aliphatic rings. The van der Waals surface area contributed by atoms with E-state index in [1.54, 1.807) is 11.5 Å². The minimum absolute atomic E-state index is 0.0391. The van der Waals surface area contributed by atoms with Crippen LogP contribution >= 0.6 is 0 Å². The second-order valence-corrected chi connectivity index (χ2v) is 7.33. The number of hydrogen-bond donors (Lipinski definition) is 3. The van der Waals surface area contributed by atoms with Crippen molar-refractivity contribution in [3.8, 4) is 0 Å². The quantitative estimate of drug-likeness (QED) is 0.538. The van der Waals surface area contributed by atoms with Crippen molar-refractivity contribution in [2.75, 3.05) is 0 Å². The molecule has 0 saturated heterocycles. The summed E-state index contributed by atoms with van der Waals surface area (Å²) in [5.74, 6) is -2.35. The fourth-order valence-corrected chi connectivity index (χ4v) is 3.19. The maximum Gasteiger partial charge on any atom is 0.416 e. The van der Waals surface area contributed by atoms with E-state index in [0.29, 0.717) is 17.7 Å². The van der Waals surface area contributed by atoms with Gasteiger partial charge in [0.1, 0.15) is 11.6 Å². The van der Waals surface area contributed by atoms with Crippen molar-refractivity contribution in [3.05, 3.63) is 53.6 Å². The molecule has 0 spiro atoms.